The fourth-order valence-corrected chi connectivity index (χ4v) is 2.97. The third-order valence-electron chi connectivity index (χ3n) is 2.49. The monoisotopic (exact) mass is 373 g/mol. The third kappa shape index (κ3) is 3.20. The Balaban J connectivity index is 2.27. The van der Waals surface area contributed by atoms with Crippen LogP contribution in [0.1, 0.15) is 25.6 Å². The fraction of sp³-hybridized carbons (Fsp3) is 0.0769. The van der Waals surface area contributed by atoms with E-state index in [0.717, 1.165) is 4.88 Å². The SMILES string of the molecule is Cc1cc(C(=O)O)c(NC(=O)c2ccc(Cl)c(Br)c2)s1. The lowest BCUT2D eigenvalue weighted by atomic mass is 10.2. The lowest BCUT2D eigenvalue weighted by molar-refractivity contribution is 0.0698. The average Bonchev–Trinajstić information content (AvgIpc) is 2.73. The summed E-state index contributed by atoms with van der Waals surface area (Å²) in [6.07, 6.45) is 0. The molecule has 0 fully saturated rings. The number of carboxylic acids is 1. The van der Waals surface area contributed by atoms with Gasteiger partial charge in [0.2, 0.25) is 0 Å². The normalized spacial score (nSPS) is 10.3. The topological polar surface area (TPSA) is 66.4 Å². The maximum Gasteiger partial charge on any atom is 0.338 e. The molecule has 0 spiro atoms. The number of anilines is 1. The van der Waals surface area contributed by atoms with Crippen molar-refractivity contribution in [3.05, 3.63) is 49.8 Å². The zero-order chi connectivity index (χ0) is 14.9. The number of hydrogen-bond donors (Lipinski definition) is 2. The van der Waals surface area contributed by atoms with Crippen LogP contribution in [-0.2, 0) is 0 Å². The van der Waals surface area contributed by atoms with Gasteiger partial charge >= 0.3 is 5.97 Å². The molecule has 20 heavy (non-hydrogen) atoms. The lowest BCUT2D eigenvalue weighted by Crippen LogP contribution is -2.13. The molecular formula is C13H9BrClNO3S. The lowest BCUT2D eigenvalue weighted by Gasteiger charge is -2.05. The van der Waals surface area contributed by atoms with Crippen LogP contribution in [0.5, 0.6) is 0 Å². The van der Waals surface area contributed by atoms with E-state index in [0.29, 0.717) is 20.1 Å². The third-order valence-corrected chi connectivity index (χ3v) is 4.67. The predicted octanol–water partition coefficient (Wildman–Crippen LogP) is 4.42. The van der Waals surface area contributed by atoms with Crippen molar-refractivity contribution in [3.8, 4) is 0 Å². The maximum atomic E-state index is 12.1. The first-order valence-corrected chi connectivity index (χ1v) is 7.47. The number of carbonyl (C=O) groups excluding carboxylic acids is 1. The molecule has 7 heteroatoms. The van der Waals surface area contributed by atoms with Crippen LogP contribution in [0.2, 0.25) is 5.02 Å². The minimum absolute atomic E-state index is 0.0916. The van der Waals surface area contributed by atoms with Crippen molar-refractivity contribution in [1.82, 2.24) is 0 Å². The Kier molecular flexibility index (Phi) is 4.47. The zero-order valence-corrected chi connectivity index (χ0v) is 13.4. The van der Waals surface area contributed by atoms with Crippen molar-refractivity contribution in [3.63, 3.8) is 0 Å². The molecule has 0 saturated carbocycles. The predicted molar refractivity (Wildman–Crippen MR) is 83.1 cm³/mol. The van der Waals surface area contributed by atoms with Gasteiger partial charge in [0.15, 0.2) is 0 Å². The van der Waals surface area contributed by atoms with E-state index in [4.69, 9.17) is 16.7 Å². The highest BCUT2D eigenvalue weighted by Gasteiger charge is 2.17. The molecule has 104 valence electrons. The van der Waals surface area contributed by atoms with Gasteiger partial charge in [-0.3, -0.25) is 4.79 Å². The van der Waals surface area contributed by atoms with Crippen molar-refractivity contribution in [1.29, 1.82) is 0 Å². The number of amides is 1. The second-order valence-corrected chi connectivity index (χ2v) is 6.51. The summed E-state index contributed by atoms with van der Waals surface area (Å²) in [5, 5.41) is 12.5. The first-order valence-electron chi connectivity index (χ1n) is 5.48. The van der Waals surface area contributed by atoms with Crippen molar-refractivity contribution in [2.45, 2.75) is 6.92 Å². The number of thiophene rings is 1. The molecule has 0 aliphatic rings. The van der Waals surface area contributed by atoms with E-state index >= 15 is 0 Å². The molecule has 0 unspecified atom stereocenters. The number of aromatic carboxylic acids is 1. The van der Waals surface area contributed by atoms with Gasteiger partial charge in [0.1, 0.15) is 5.00 Å². The minimum Gasteiger partial charge on any atom is -0.478 e. The van der Waals surface area contributed by atoms with Crippen LogP contribution in [0.15, 0.2) is 28.7 Å². The molecule has 0 bridgehead atoms. The molecule has 2 N–H and O–H groups in total. The van der Waals surface area contributed by atoms with Gasteiger partial charge in [-0.25, -0.2) is 4.79 Å². The second-order valence-electron chi connectivity index (χ2n) is 3.99. The van der Waals surface area contributed by atoms with Gasteiger partial charge in [0, 0.05) is 14.9 Å². The summed E-state index contributed by atoms with van der Waals surface area (Å²) in [5.74, 6) is -1.45. The number of benzene rings is 1. The Bertz CT molecular complexity index is 699. The Morgan fingerprint density at radius 2 is 2.05 bits per heavy atom. The highest BCUT2D eigenvalue weighted by atomic mass is 79.9. The Morgan fingerprint density at radius 3 is 2.65 bits per heavy atom. The van der Waals surface area contributed by atoms with Gasteiger partial charge in [-0.2, -0.15) is 0 Å². The van der Waals surface area contributed by atoms with Gasteiger partial charge in [0.25, 0.3) is 5.91 Å². The number of rotatable bonds is 3. The molecule has 2 aromatic rings. The second kappa shape index (κ2) is 5.95. The van der Waals surface area contributed by atoms with Gasteiger partial charge in [-0.05, 0) is 47.1 Å². The molecule has 1 aromatic carbocycles. The van der Waals surface area contributed by atoms with E-state index in [1.807, 2.05) is 0 Å². The summed E-state index contributed by atoms with van der Waals surface area (Å²) in [4.78, 5) is 24.0. The van der Waals surface area contributed by atoms with Crippen LogP contribution in [0.25, 0.3) is 0 Å². The molecule has 1 amide bonds. The number of nitrogens with one attached hydrogen (secondary N) is 1. The van der Waals surface area contributed by atoms with Crippen LogP contribution >= 0.6 is 38.9 Å². The smallest absolute Gasteiger partial charge is 0.338 e. The van der Waals surface area contributed by atoms with Crippen molar-refractivity contribution < 1.29 is 14.7 Å². The van der Waals surface area contributed by atoms with E-state index in [1.54, 1.807) is 25.1 Å². The highest BCUT2D eigenvalue weighted by Crippen LogP contribution is 2.29. The quantitative estimate of drug-likeness (QED) is 0.835. The molecule has 0 aliphatic heterocycles. The van der Waals surface area contributed by atoms with Gasteiger partial charge in [-0.1, -0.05) is 11.6 Å². The molecule has 0 atom stereocenters. The summed E-state index contributed by atoms with van der Waals surface area (Å²) in [6.45, 7) is 1.78. The molecule has 1 heterocycles. The minimum atomic E-state index is -1.07. The van der Waals surface area contributed by atoms with Crippen LogP contribution in [-0.4, -0.2) is 17.0 Å². The van der Waals surface area contributed by atoms with E-state index in [1.165, 1.54) is 17.4 Å². The van der Waals surface area contributed by atoms with Gasteiger partial charge in [-0.15, -0.1) is 11.3 Å². The van der Waals surface area contributed by atoms with E-state index < -0.39 is 5.97 Å². The molecule has 0 radical (unpaired) electrons. The number of carboxylic acid groups (broad SMARTS) is 1. The number of hydrogen-bond acceptors (Lipinski definition) is 3. The summed E-state index contributed by atoms with van der Waals surface area (Å²) in [6, 6.07) is 6.28. The summed E-state index contributed by atoms with van der Waals surface area (Å²) in [5.41, 5.74) is 0.484. The Labute approximate surface area is 132 Å². The standard InChI is InChI=1S/C13H9BrClNO3S/c1-6-4-8(13(18)19)12(20-6)16-11(17)7-2-3-10(15)9(14)5-7/h2-5H,1H3,(H,16,17)(H,18,19). The Hall–Kier alpha value is -1.37. The van der Waals surface area contributed by atoms with Gasteiger partial charge < -0.3 is 10.4 Å². The maximum absolute atomic E-state index is 12.1. The van der Waals surface area contributed by atoms with Gasteiger partial charge in [0.05, 0.1) is 10.6 Å². The number of carbonyl (C=O) groups is 2. The van der Waals surface area contributed by atoms with Crippen LogP contribution in [0.4, 0.5) is 5.00 Å². The first kappa shape index (κ1) is 15.0. The van der Waals surface area contributed by atoms with E-state index in [2.05, 4.69) is 21.2 Å². The molecule has 2 rings (SSSR count). The molecule has 1 aromatic heterocycles. The van der Waals surface area contributed by atoms with Crippen molar-refractivity contribution in [2.24, 2.45) is 0 Å². The van der Waals surface area contributed by atoms with Crippen LogP contribution in [0.3, 0.4) is 0 Å². The van der Waals surface area contributed by atoms with E-state index in [-0.39, 0.29) is 11.5 Å². The van der Waals surface area contributed by atoms with Crippen LogP contribution in [0, 0.1) is 6.92 Å². The highest BCUT2D eigenvalue weighted by molar-refractivity contribution is 9.10. The van der Waals surface area contributed by atoms with Crippen LogP contribution < -0.4 is 5.32 Å². The largest absolute Gasteiger partial charge is 0.478 e. The van der Waals surface area contributed by atoms with Crippen molar-refractivity contribution in [2.75, 3.05) is 5.32 Å². The fourth-order valence-electron chi connectivity index (χ4n) is 1.58. The zero-order valence-electron chi connectivity index (χ0n) is 10.2. The molecule has 4 nitrogen and oxygen atoms in total. The van der Waals surface area contributed by atoms with E-state index in [9.17, 15) is 9.59 Å². The molecular weight excluding hydrogens is 366 g/mol. The Morgan fingerprint density at radius 1 is 1.35 bits per heavy atom. The number of aryl methyl sites for hydroxylation is 1. The molecule has 0 aliphatic carbocycles. The summed E-state index contributed by atoms with van der Waals surface area (Å²) in [7, 11) is 0. The number of halogens is 2. The molecule has 0 saturated heterocycles. The first-order chi connectivity index (χ1) is 9.38. The average molecular weight is 375 g/mol. The van der Waals surface area contributed by atoms with Crippen molar-refractivity contribution >= 4 is 55.7 Å². The summed E-state index contributed by atoms with van der Waals surface area (Å²) >= 11 is 10.3. The summed E-state index contributed by atoms with van der Waals surface area (Å²) < 4.78 is 0.604.